The van der Waals surface area contributed by atoms with E-state index in [0.717, 1.165) is 12.0 Å². The van der Waals surface area contributed by atoms with Crippen molar-refractivity contribution < 1.29 is 14.5 Å². The summed E-state index contributed by atoms with van der Waals surface area (Å²) in [6, 6.07) is 15.2. The van der Waals surface area contributed by atoms with Gasteiger partial charge in [0.1, 0.15) is 0 Å². The van der Waals surface area contributed by atoms with E-state index in [1.54, 1.807) is 12.1 Å². The van der Waals surface area contributed by atoms with Crippen molar-refractivity contribution in [1.82, 2.24) is 5.32 Å². The normalized spacial score (nSPS) is 12.3. The molecule has 6 nitrogen and oxygen atoms in total. The van der Waals surface area contributed by atoms with Gasteiger partial charge < -0.3 is 10.1 Å². The fourth-order valence-corrected chi connectivity index (χ4v) is 4.16. The van der Waals surface area contributed by atoms with Crippen LogP contribution >= 0.6 is 11.8 Å². The molecule has 0 saturated carbocycles. The number of nitro groups is 1. The first-order chi connectivity index (χ1) is 13.7. The van der Waals surface area contributed by atoms with Crippen LogP contribution < -0.4 is 10.1 Å². The monoisotopic (exact) mass is 416 g/mol. The molecule has 1 N–H and O–H groups in total. The minimum atomic E-state index is -0.462. The predicted molar refractivity (Wildman–Crippen MR) is 118 cm³/mol. The van der Waals surface area contributed by atoms with E-state index in [2.05, 4.69) is 31.3 Å². The topological polar surface area (TPSA) is 81.5 Å². The molecule has 1 amide bonds. The van der Waals surface area contributed by atoms with E-state index < -0.39 is 4.92 Å². The summed E-state index contributed by atoms with van der Waals surface area (Å²) < 4.78 is 5.01. The Morgan fingerprint density at radius 3 is 2.55 bits per heavy atom. The van der Waals surface area contributed by atoms with Crippen molar-refractivity contribution in [2.75, 3.05) is 12.9 Å². The van der Waals surface area contributed by atoms with E-state index in [1.165, 1.54) is 30.5 Å². The number of amides is 1. The standard InChI is InChI=1S/C22H28N2O4S/c1-16(13-22(2,3)18-8-6-5-7-9-18)23-21(25)15-29-14-17-10-11-20(28-4)19(12-17)24(26)27/h5-12,16H,13-15H2,1-4H3,(H,23,25). The molecule has 2 rings (SSSR count). The maximum atomic E-state index is 12.3. The van der Waals surface area contributed by atoms with Gasteiger partial charge in [-0.15, -0.1) is 11.8 Å². The van der Waals surface area contributed by atoms with Crippen LogP contribution in [0.15, 0.2) is 48.5 Å². The number of carbonyl (C=O) groups excluding carboxylic acids is 1. The zero-order valence-electron chi connectivity index (χ0n) is 17.3. The number of methoxy groups -OCH3 is 1. The molecule has 0 radical (unpaired) electrons. The number of hydrogen-bond donors (Lipinski definition) is 1. The quantitative estimate of drug-likeness (QED) is 0.448. The number of thioether (sulfide) groups is 1. The Kier molecular flexibility index (Phi) is 8.08. The van der Waals surface area contributed by atoms with Gasteiger partial charge in [0.2, 0.25) is 5.91 Å². The van der Waals surface area contributed by atoms with Crippen molar-refractivity contribution in [3.05, 3.63) is 69.8 Å². The molecule has 0 bridgehead atoms. The molecule has 0 heterocycles. The van der Waals surface area contributed by atoms with Crippen molar-refractivity contribution >= 4 is 23.4 Å². The lowest BCUT2D eigenvalue weighted by atomic mass is 9.79. The molecule has 0 aromatic heterocycles. The van der Waals surface area contributed by atoms with Crippen LogP contribution in [0.2, 0.25) is 0 Å². The van der Waals surface area contributed by atoms with Gasteiger partial charge in [0, 0.05) is 17.9 Å². The van der Waals surface area contributed by atoms with E-state index in [1.807, 2.05) is 25.1 Å². The van der Waals surface area contributed by atoms with Gasteiger partial charge in [-0.3, -0.25) is 14.9 Å². The minimum absolute atomic E-state index is 0.0330. The fraction of sp³-hybridized carbons (Fsp3) is 0.409. The number of benzene rings is 2. The molecule has 2 aromatic carbocycles. The highest BCUT2D eigenvalue weighted by Crippen LogP contribution is 2.29. The van der Waals surface area contributed by atoms with E-state index in [0.29, 0.717) is 11.5 Å². The van der Waals surface area contributed by atoms with Gasteiger partial charge in [-0.05, 0) is 36.0 Å². The zero-order chi connectivity index (χ0) is 21.4. The molecule has 156 valence electrons. The molecule has 2 aromatic rings. The summed E-state index contributed by atoms with van der Waals surface area (Å²) in [5, 5.41) is 14.2. The van der Waals surface area contributed by atoms with Gasteiger partial charge in [0.25, 0.3) is 0 Å². The van der Waals surface area contributed by atoms with Crippen LogP contribution in [-0.2, 0) is 16.0 Å². The number of hydrogen-bond acceptors (Lipinski definition) is 5. The molecule has 0 saturated heterocycles. The number of nitrogens with one attached hydrogen (secondary N) is 1. The average molecular weight is 417 g/mol. The maximum absolute atomic E-state index is 12.3. The number of ether oxygens (including phenoxy) is 1. The summed E-state index contributed by atoms with van der Waals surface area (Å²) in [5.41, 5.74) is 1.93. The largest absolute Gasteiger partial charge is 0.490 e. The second-order valence-electron chi connectivity index (χ2n) is 7.68. The molecule has 0 fully saturated rings. The zero-order valence-corrected chi connectivity index (χ0v) is 18.1. The Labute approximate surface area is 176 Å². The average Bonchev–Trinajstić information content (AvgIpc) is 2.68. The Hall–Kier alpha value is -2.54. The van der Waals surface area contributed by atoms with Crippen LogP contribution in [0.25, 0.3) is 0 Å². The van der Waals surface area contributed by atoms with Gasteiger partial charge in [0.05, 0.1) is 17.8 Å². The summed E-state index contributed by atoms with van der Waals surface area (Å²) in [4.78, 5) is 22.9. The lowest BCUT2D eigenvalue weighted by Crippen LogP contribution is -2.38. The van der Waals surface area contributed by atoms with Crippen molar-refractivity contribution in [3.8, 4) is 5.75 Å². The molecule has 0 aliphatic heterocycles. The lowest BCUT2D eigenvalue weighted by Gasteiger charge is -2.29. The summed E-state index contributed by atoms with van der Waals surface area (Å²) >= 11 is 1.43. The van der Waals surface area contributed by atoms with Gasteiger partial charge in [-0.2, -0.15) is 0 Å². The Bertz CT molecular complexity index is 840. The first kappa shape index (κ1) is 22.7. The summed E-state index contributed by atoms with van der Waals surface area (Å²) in [7, 11) is 1.40. The van der Waals surface area contributed by atoms with Crippen LogP contribution in [0.4, 0.5) is 5.69 Å². The van der Waals surface area contributed by atoms with Gasteiger partial charge >= 0.3 is 5.69 Å². The Morgan fingerprint density at radius 1 is 1.24 bits per heavy atom. The van der Waals surface area contributed by atoms with Gasteiger partial charge in [0.15, 0.2) is 5.75 Å². The first-order valence-corrected chi connectivity index (χ1v) is 10.6. The SMILES string of the molecule is COc1ccc(CSCC(=O)NC(C)CC(C)(C)c2ccccc2)cc1[N+](=O)[O-]. The van der Waals surface area contributed by atoms with Gasteiger partial charge in [-0.25, -0.2) is 0 Å². The van der Waals surface area contributed by atoms with Crippen LogP contribution in [0.5, 0.6) is 5.75 Å². The molecular weight excluding hydrogens is 388 g/mol. The molecule has 0 aliphatic rings. The third-order valence-corrected chi connectivity index (χ3v) is 5.72. The van der Waals surface area contributed by atoms with E-state index in [4.69, 9.17) is 4.74 Å². The summed E-state index contributed by atoms with van der Waals surface area (Å²) in [6.45, 7) is 6.37. The van der Waals surface area contributed by atoms with Crippen molar-refractivity contribution in [2.24, 2.45) is 0 Å². The highest BCUT2D eigenvalue weighted by Gasteiger charge is 2.24. The smallest absolute Gasteiger partial charge is 0.311 e. The lowest BCUT2D eigenvalue weighted by molar-refractivity contribution is -0.385. The van der Waals surface area contributed by atoms with Crippen LogP contribution in [0.3, 0.4) is 0 Å². The van der Waals surface area contributed by atoms with Crippen LogP contribution in [0, 0.1) is 10.1 Å². The number of rotatable bonds is 10. The first-order valence-electron chi connectivity index (χ1n) is 9.47. The third kappa shape index (κ3) is 6.78. The predicted octanol–water partition coefficient (Wildman–Crippen LogP) is 4.71. The molecule has 0 aliphatic carbocycles. The second kappa shape index (κ2) is 10.3. The van der Waals surface area contributed by atoms with E-state index in [-0.39, 0.29) is 28.8 Å². The van der Waals surface area contributed by atoms with Crippen molar-refractivity contribution in [2.45, 2.75) is 44.4 Å². The summed E-state index contributed by atoms with van der Waals surface area (Å²) in [5.74, 6) is 1.02. The van der Waals surface area contributed by atoms with Crippen molar-refractivity contribution in [1.29, 1.82) is 0 Å². The van der Waals surface area contributed by atoms with E-state index in [9.17, 15) is 14.9 Å². The number of carbonyl (C=O) groups is 1. The van der Waals surface area contributed by atoms with Crippen molar-refractivity contribution in [3.63, 3.8) is 0 Å². The molecule has 0 spiro atoms. The highest BCUT2D eigenvalue weighted by atomic mass is 32.2. The van der Waals surface area contributed by atoms with Crippen LogP contribution in [0.1, 0.15) is 38.3 Å². The Balaban J connectivity index is 1.82. The Morgan fingerprint density at radius 2 is 1.93 bits per heavy atom. The molecule has 1 atom stereocenters. The minimum Gasteiger partial charge on any atom is -0.490 e. The second-order valence-corrected chi connectivity index (χ2v) is 8.66. The molecule has 7 heteroatoms. The van der Waals surface area contributed by atoms with Crippen LogP contribution in [-0.4, -0.2) is 29.7 Å². The molecular formula is C22H28N2O4S. The maximum Gasteiger partial charge on any atom is 0.311 e. The number of nitrogens with zero attached hydrogens (tertiary/aromatic N) is 1. The highest BCUT2D eigenvalue weighted by molar-refractivity contribution is 7.99. The number of nitro benzene ring substituents is 1. The van der Waals surface area contributed by atoms with E-state index >= 15 is 0 Å². The molecule has 1 unspecified atom stereocenters. The van der Waals surface area contributed by atoms with Gasteiger partial charge in [-0.1, -0.05) is 50.2 Å². The summed E-state index contributed by atoms with van der Waals surface area (Å²) in [6.07, 6.45) is 0.831. The third-order valence-electron chi connectivity index (χ3n) is 4.72. The molecule has 29 heavy (non-hydrogen) atoms. The fourth-order valence-electron chi connectivity index (χ4n) is 3.37.